The van der Waals surface area contributed by atoms with Crippen LogP contribution in [0.3, 0.4) is 0 Å². The number of halogens is 3. The van der Waals surface area contributed by atoms with Crippen LogP contribution in [0.1, 0.15) is 11.7 Å². The van der Waals surface area contributed by atoms with Gasteiger partial charge >= 0.3 is 0 Å². The fourth-order valence-corrected chi connectivity index (χ4v) is 1.04. The van der Waals surface area contributed by atoms with E-state index in [9.17, 15) is 4.39 Å². The average molecular weight is 210 g/mol. The van der Waals surface area contributed by atoms with Crippen molar-refractivity contribution in [1.29, 1.82) is 0 Å². The van der Waals surface area contributed by atoms with Gasteiger partial charge in [-0.3, -0.25) is 0 Å². The van der Waals surface area contributed by atoms with E-state index in [4.69, 9.17) is 17.3 Å². The van der Waals surface area contributed by atoms with Gasteiger partial charge < -0.3 is 5.73 Å². The highest BCUT2D eigenvalue weighted by Crippen LogP contribution is 2.19. The van der Waals surface area contributed by atoms with E-state index >= 15 is 0 Å². The van der Waals surface area contributed by atoms with Gasteiger partial charge in [-0.2, -0.15) is 0 Å². The third-order valence-corrected chi connectivity index (χ3v) is 1.65. The standard InChI is InChI=1S/C8H9ClFN.ClH/c9-7-3-1-2-6(4-7)8(10)5-11;/h1-4,8H,5,11H2;1H. The van der Waals surface area contributed by atoms with E-state index in [0.717, 1.165) is 0 Å². The Labute approximate surface area is 82.1 Å². The van der Waals surface area contributed by atoms with Crippen LogP contribution < -0.4 is 5.73 Å². The second kappa shape index (κ2) is 5.36. The van der Waals surface area contributed by atoms with Crippen molar-refractivity contribution in [2.45, 2.75) is 6.17 Å². The van der Waals surface area contributed by atoms with Gasteiger partial charge in [0, 0.05) is 11.6 Å². The lowest BCUT2D eigenvalue weighted by Gasteiger charge is -2.04. The van der Waals surface area contributed by atoms with Crippen LogP contribution in [0.2, 0.25) is 5.02 Å². The molecule has 0 fully saturated rings. The maximum Gasteiger partial charge on any atom is 0.137 e. The molecule has 68 valence electrons. The first-order valence-corrected chi connectivity index (χ1v) is 3.71. The molecule has 0 saturated carbocycles. The Bertz CT molecular complexity index is 242. The maximum atomic E-state index is 12.9. The Balaban J connectivity index is 0.00000121. The summed E-state index contributed by atoms with van der Waals surface area (Å²) in [6.45, 7) is 0.000340. The number of rotatable bonds is 2. The molecule has 0 aliphatic rings. The molecule has 0 saturated heterocycles. The van der Waals surface area contributed by atoms with Crippen LogP contribution in [-0.2, 0) is 0 Å². The summed E-state index contributed by atoms with van der Waals surface area (Å²) in [5.41, 5.74) is 5.68. The van der Waals surface area contributed by atoms with Crippen molar-refractivity contribution in [2.24, 2.45) is 5.73 Å². The van der Waals surface area contributed by atoms with Crippen molar-refractivity contribution in [3.63, 3.8) is 0 Å². The Morgan fingerprint density at radius 2 is 2.17 bits per heavy atom. The maximum absolute atomic E-state index is 12.9. The minimum atomic E-state index is -1.10. The monoisotopic (exact) mass is 209 g/mol. The lowest BCUT2D eigenvalue weighted by molar-refractivity contribution is 0.353. The molecular weight excluding hydrogens is 200 g/mol. The molecule has 1 aromatic rings. The molecule has 1 atom stereocenters. The van der Waals surface area contributed by atoms with E-state index in [2.05, 4.69) is 0 Å². The molecular formula is C8H10Cl2FN. The molecule has 4 heteroatoms. The van der Waals surface area contributed by atoms with Crippen LogP contribution in [0.4, 0.5) is 4.39 Å². The summed E-state index contributed by atoms with van der Waals surface area (Å²) in [5.74, 6) is 0. The first kappa shape index (κ1) is 11.7. The molecule has 0 bridgehead atoms. The Morgan fingerprint density at radius 1 is 1.50 bits per heavy atom. The summed E-state index contributed by atoms with van der Waals surface area (Å²) in [4.78, 5) is 0. The van der Waals surface area contributed by atoms with E-state index < -0.39 is 6.17 Å². The molecule has 1 nitrogen and oxygen atoms in total. The average Bonchev–Trinajstić information content (AvgIpc) is 2.03. The zero-order valence-corrected chi connectivity index (χ0v) is 7.91. The van der Waals surface area contributed by atoms with Gasteiger partial charge in [-0.25, -0.2) is 4.39 Å². The molecule has 12 heavy (non-hydrogen) atoms. The van der Waals surface area contributed by atoms with Gasteiger partial charge in [0.1, 0.15) is 6.17 Å². The number of hydrogen-bond donors (Lipinski definition) is 1. The van der Waals surface area contributed by atoms with Crippen LogP contribution in [0.5, 0.6) is 0 Å². The van der Waals surface area contributed by atoms with Crippen molar-refractivity contribution in [3.8, 4) is 0 Å². The Morgan fingerprint density at radius 3 is 2.67 bits per heavy atom. The first-order chi connectivity index (χ1) is 5.24. The van der Waals surface area contributed by atoms with Crippen molar-refractivity contribution < 1.29 is 4.39 Å². The van der Waals surface area contributed by atoms with Crippen LogP contribution >= 0.6 is 24.0 Å². The molecule has 2 N–H and O–H groups in total. The van der Waals surface area contributed by atoms with Crippen LogP contribution in [0.25, 0.3) is 0 Å². The van der Waals surface area contributed by atoms with E-state index in [1.54, 1.807) is 24.3 Å². The largest absolute Gasteiger partial charge is 0.327 e. The second-order valence-corrected chi connectivity index (χ2v) is 2.69. The number of hydrogen-bond acceptors (Lipinski definition) is 1. The summed E-state index contributed by atoms with van der Waals surface area (Å²) in [5, 5.41) is 0.540. The van der Waals surface area contributed by atoms with Gasteiger partial charge in [-0.15, -0.1) is 12.4 Å². The smallest absolute Gasteiger partial charge is 0.137 e. The molecule has 0 amide bonds. The van der Waals surface area contributed by atoms with Gasteiger partial charge in [0.15, 0.2) is 0 Å². The molecule has 0 aliphatic carbocycles. The minimum Gasteiger partial charge on any atom is -0.327 e. The molecule has 0 spiro atoms. The highest BCUT2D eigenvalue weighted by Gasteiger charge is 2.05. The predicted octanol–water partition coefficient (Wildman–Crippen LogP) is 2.73. The Hall–Kier alpha value is -0.310. The number of nitrogens with two attached hydrogens (primary N) is 1. The summed E-state index contributed by atoms with van der Waals surface area (Å²) in [7, 11) is 0. The van der Waals surface area contributed by atoms with E-state index in [1.165, 1.54) is 0 Å². The van der Waals surface area contributed by atoms with Gasteiger partial charge in [-0.1, -0.05) is 23.7 Å². The molecule has 1 unspecified atom stereocenters. The minimum absolute atomic E-state index is 0. The van der Waals surface area contributed by atoms with Crippen molar-refractivity contribution in [1.82, 2.24) is 0 Å². The number of benzene rings is 1. The van der Waals surface area contributed by atoms with Crippen molar-refractivity contribution in [2.75, 3.05) is 6.54 Å². The Kier molecular flexibility index (Phi) is 5.22. The molecule has 0 aromatic heterocycles. The predicted molar refractivity (Wildman–Crippen MR) is 51.6 cm³/mol. The first-order valence-electron chi connectivity index (χ1n) is 3.33. The zero-order valence-electron chi connectivity index (χ0n) is 6.34. The molecule has 0 radical (unpaired) electrons. The molecule has 0 aliphatic heterocycles. The van der Waals surface area contributed by atoms with Crippen LogP contribution in [-0.4, -0.2) is 6.54 Å². The van der Waals surface area contributed by atoms with Crippen LogP contribution in [0, 0.1) is 0 Å². The summed E-state index contributed by atoms with van der Waals surface area (Å²) in [6.07, 6.45) is -1.10. The van der Waals surface area contributed by atoms with Gasteiger partial charge in [-0.05, 0) is 17.7 Å². The zero-order chi connectivity index (χ0) is 8.27. The van der Waals surface area contributed by atoms with E-state index in [-0.39, 0.29) is 19.0 Å². The normalized spacial score (nSPS) is 11.9. The van der Waals surface area contributed by atoms with Gasteiger partial charge in [0.2, 0.25) is 0 Å². The highest BCUT2D eigenvalue weighted by molar-refractivity contribution is 6.30. The molecule has 1 rings (SSSR count). The topological polar surface area (TPSA) is 26.0 Å². The fraction of sp³-hybridized carbons (Fsp3) is 0.250. The van der Waals surface area contributed by atoms with Crippen molar-refractivity contribution >= 4 is 24.0 Å². The summed E-state index contributed by atoms with van der Waals surface area (Å²) < 4.78 is 12.9. The molecule has 0 heterocycles. The number of alkyl halides is 1. The lowest BCUT2D eigenvalue weighted by atomic mass is 10.1. The lowest BCUT2D eigenvalue weighted by Crippen LogP contribution is -2.07. The van der Waals surface area contributed by atoms with E-state index in [0.29, 0.717) is 10.6 Å². The van der Waals surface area contributed by atoms with E-state index in [1.807, 2.05) is 0 Å². The third-order valence-electron chi connectivity index (χ3n) is 1.42. The fourth-order valence-electron chi connectivity index (χ4n) is 0.838. The quantitative estimate of drug-likeness (QED) is 0.797. The summed E-state index contributed by atoms with van der Waals surface area (Å²) in [6, 6.07) is 6.66. The van der Waals surface area contributed by atoms with Crippen LogP contribution in [0.15, 0.2) is 24.3 Å². The molecule has 1 aromatic carbocycles. The van der Waals surface area contributed by atoms with Gasteiger partial charge in [0.05, 0.1) is 0 Å². The highest BCUT2D eigenvalue weighted by atomic mass is 35.5. The van der Waals surface area contributed by atoms with Crippen molar-refractivity contribution in [3.05, 3.63) is 34.9 Å². The second-order valence-electron chi connectivity index (χ2n) is 2.26. The SMILES string of the molecule is Cl.NCC(F)c1cccc(Cl)c1. The third kappa shape index (κ3) is 2.97. The summed E-state index contributed by atoms with van der Waals surface area (Å²) >= 11 is 5.64. The van der Waals surface area contributed by atoms with Gasteiger partial charge in [0.25, 0.3) is 0 Å².